The first-order valence-corrected chi connectivity index (χ1v) is 8.56. The zero-order valence-corrected chi connectivity index (χ0v) is 14.4. The van der Waals surface area contributed by atoms with E-state index in [4.69, 9.17) is 5.73 Å². The van der Waals surface area contributed by atoms with Gasteiger partial charge in [0.1, 0.15) is 0 Å². The highest BCUT2D eigenvalue weighted by molar-refractivity contribution is 5.96. The van der Waals surface area contributed by atoms with Gasteiger partial charge in [0.05, 0.1) is 5.92 Å². The second kappa shape index (κ2) is 7.38. The van der Waals surface area contributed by atoms with Crippen LogP contribution in [0.2, 0.25) is 0 Å². The molecule has 1 aliphatic rings. The van der Waals surface area contributed by atoms with Gasteiger partial charge in [-0.3, -0.25) is 9.59 Å². The third kappa shape index (κ3) is 3.99. The standard InChI is InChI=1S/C20H23N3O2/c1-14-9-10-17(21)12-18(14)22-19(24)16-8-5-11-23(13-16)20(25)15-6-3-2-4-7-15/h2-4,6-7,9-10,12,16H,5,8,11,13,21H2,1H3,(H,22,24). The van der Waals surface area contributed by atoms with Crippen molar-refractivity contribution in [2.45, 2.75) is 19.8 Å². The minimum Gasteiger partial charge on any atom is -0.399 e. The van der Waals surface area contributed by atoms with Crippen molar-refractivity contribution in [3.63, 3.8) is 0 Å². The van der Waals surface area contributed by atoms with E-state index < -0.39 is 0 Å². The quantitative estimate of drug-likeness (QED) is 0.845. The van der Waals surface area contributed by atoms with E-state index in [0.717, 1.165) is 24.1 Å². The molecule has 1 heterocycles. The number of anilines is 2. The van der Waals surface area contributed by atoms with Crippen LogP contribution in [0.4, 0.5) is 11.4 Å². The maximum absolute atomic E-state index is 12.6. The van der Waals surface area contributed by atoms with Gasteiger partial charge < -0.3 is 16.0 Å². The summed E-state index contributed by atoms with van der Waals surface area (Å²) in [6.45, 7) is 3.07. The van der Waals surface area contributed by atoms with E-state index >= 15 is 0 Å². The molecule has 5 heteroatoms. The SMILES string of the molecule is Cc1ccc(N)cc1NC(=O)C1CCCN(C(=O)c2ccccc2)C1. The lowest BCUT2D eigenvalue weighted by molar-refractivity contribution is -0.121. The lowest BCUT2D eigenvalue weighted by Crippen LogP contribution is -2.43. The number of nitrogens with one attached hydrogen (secondary N) is 1. The summed E-state index contributed by atoms with van der Waals surface area (Å²) in [6, 6.07) is 14.7. The third-order valence-electron chi connectivity index (χ3n) is 4.62. The first-order chi connectivity index (χ1) is 12.0. The number of amides is 2. The van der Waals surface area contributed by atoms with Crippen LogP contribution in [0.5, 0.6) is 0 Å². The Bertz CT molecular complexity index is 774. The minimum absolute atomic E-state index is 0.0155. The number of hydrogen-bond donors (Lipinski definition) is 2. The molecule has 3 N–H and O–H groups in total. The van der Waals surface area contributed by atoms with Gasteiger partial charge in [0.15, 0.2) is 0 Å². The van der Waals surface area contributed by atoms with Gasteiger partial charge in [-0.25, -0.2) is 0 Å². The molecule has 0 aliphatic carbocycles. The Balaban J connectivity index is 1.67. The molecule has 0 saturated carbocycles. The normalized spacial score (nSPS) is 17.2. The van der Waals surface area contributed by atoms with E-state index in [1.54, 1.807) is 11.0 Å². The maximum atomic E-state index is 12.6. The Morgan fingerprint density at radius 3 is 2.68 bits per heavy atom. The number of benzene rings is 2. The molecule has 0 aromatic heterocycles. The van der Waals surface area contributed by atoms with Crippen LogP contribution < -0.4 is 11.1 Å². The number of aryl methyl sites for hydroxylation is 1. The molecule has 3 rings (SSSR count). The monoisotopic (exact) mass is 337 g/mol. The number of nitrogens with zero attached hydrogens (tertiary/aromatic N) is 1. The zero-order valence-electron chi connectivity index (χ0n) is 14.4. The van der Waals surface area contributed by atoms with Crippen molar-refractivity contribution in [1.29, 1.82) is 0 Å². The van der Waals surface area contributed by atoms with E-state index in [2.05, 4.69) is 5.32 Å². The molecular weight excluding hydrogens is 314 g/mol. The first kappa shape index (κ1) is 17.0. The number of nitrogen functional groups attached to an aromatic ring is 1. The summed E-state index contributed by atoms with van der Waals surface area (Å²) in [5.74, 6) is -0.278. The highest BCUT2D eigenvalue weighted by Crippen LogP contribution is 2.23. The van der Waals surface area contributed by atoms with Crippen LogP contribution in [-0.2, 0) is 4.79 Å². The summed E-state index contributed by atoms with van der Waals surface area (Å²) in [4.78, 5) is 27.0. The molecule has 1 fully saturated rings. The fourth-order valence-corrected chi connectivity index (χ4v) is 3.15. The van der Waals surface area contributed by atoms with Crippen LogP contribution in [0.1, 0.15) is 28.8 Å². The molecule has 1 saturated heterocycles. The average Bonchev–Trinajstić information content (AvgIpc) is 2.65. The van der Waals surface area contributed by atoms with Crippen LogP contribution in [-0.4, -0.2) is 29.8 Å². The summed E-state index contributed by atoms with van der Waals surface area (Å²) in [5, 5.41) is 2.96. The van der Waals surface area contributed by atoms with Crippen molar-refractivity contribution < 1.29 is 9.59 Å². The molecule has 2 aromatic rings. The molecule has 1 aliphatic heterocycles. The summed E-state index contributed by atoms with van der Waals surface area (Å²) < 4.78 is 0. The van der Waals surface area contributed by atoms with E-state index in [0.29, 0.717) is 24.3 Å². The highest BCUT2D eigenvalue weighted by atomic mass is 16.2. The fourth-order valence-electron chi connectivity index (χ4n) is 3.15. The molecule has 130 valence electrons. The van der Waals surface area contributed by atoms with E-state index in [9.17, 15) is 9.59 Å². The average molecular weight is 337 g/mol. The van der Waals surface area contributed by atoms with Gasteiger partial charge in [0, 0.05) is 30.0 Å². The van der Waals surface area contributed by atoms with Gasteiger partial charge in [0.2, 0.25) is 5.91 Å². The zero-order chi connectivity index (χ0) is 17.8. The Morgan fingerprint density at radius 2 is 1.92 bits per heavy atom. The minimum atomic E-state index is -0.206. The van der Waals surface area contributed by atoms with Crippen LogP contribution in [0, 0.1) is 12.8 Å². The molecule has 0 spiro atoms. The van der Waals surface area contributed by atoms with Gasteiger partial charge in [-0.1, -0.05) is 24.3 Å². The lowest BCUT2D eigenvalue weighted by Gasteiger charge is -2.32. The Hall–Kier alpha value is -2.82. The van der Waals surface area contributed by atoms with Crippen LogP contribution in [0.25, 0.3) is 0 Å². The van der Waals surface area contributed by atoms with Gasteiger partial charge in [-0.15, -0.1) is 0 Å². The molecule has 2 amide bonds. The first-order valence-electron chi connectivity index (χ1n) is 8.56. The number of carbonyl (C=O) groups is 2. The van der Waals surface area contributed by atoms with E-state index in [-0.39, 0.29) is 17.7 Å². The molecule has 1 atom stereocenters. The summed E-state index contributed by atoms with van der Waals surface area (Å²) in [7, 11) is 0. The largest absolute Gasteiger partial charge is 0.399 e. The molecule has 1 unspecified atom stereocenters. The predicted molar refractivity (Wildman–Crippen MR) is 99.3 cm³/mol. The Kier molecular flexibility index (Phi) is 5.03. The molecule has 5 nitrogen and oxygen atoms in total. The summed E-state index contributed by atoms with van der Waals surface area (Å²) in [6.07, 6.45) is 1.61. The number of likely N-dealkylation sites (tertiary alicyclic amines) is 1. The Morgan fingerprint density at radius 1 is 1.16 bits per heavy atom. The van der Waals surface area contributed by atoms with Crippen molar-refractivity contribution in [3.05, 3.63) is 59.7 Å². The molecule has 2 aromatic carbocycles. The Labute approximate surface area is 147 Å². The van der Waals surface area contributed by atoms with E-state index in [1.165, 1.54) is 0 Å². The molecule has 25 heavy (non-hydrogen) atoms. The van der Waals surface area contributed by atoms with Crippen LogP contribution in [0.3, 0.4) is 0 Å². The van der Waals surface area contributed by atoms with Crippen LogP contribution in [0.15, 0.2) is 48.5 Å². The maximum Gasteiger partial charge on any atom is 0.253 e. The lowest BCUT2D eigenvalue weighted by atomic mass is 9.96. The van der Waals surface area contributed by atoms with E-state index in [1.807, 2.05) is 49.4 Å². The van der Waals surface area contributed by atoms with Crippen molar-refractivity contribution in [1.82, 2.24) is 4.90 Å². The molecule has 0 bridgehead atoms. The summed E-state index contributed by atoms with van der Waals surface area (Å²) in [5.41, 5.74) is 8.78. The third-order valence-corrected chi connectivity index (χ3v) is 4.62. The van der Waals surface area contributed by atoms with Crippen molar-refractivity contribution in [2.24, 2.45) is 5.92 Å². The van der Waals surface area contributed by atoms with Gasteiger partial charge >= 0.3 is 0 Å². The van der Waals surface area contributed by atoms with Crippen LogP contribution >= 0.6 is 0 Å². The molecule has 0 radical (unpaired) electrons. The fraction of sp³-hybridized carbons (Fsp3) is 0.300. The van der Waals surface area contributed by atoms with Gasteiger partial charge in [-0.05, 0) is 49.6 Å². The second-order valence-electron chi connectivity index (χ2n) is 6.52. The van der Waals surface area contributed by atoms with Crippen molar-refractivity contribution in [3.8, 4) is 0 Å². The highest BCUT2D eigenvalue weighted by Gasteiger charge is 2.29. The smallest absolute Gasteiger partial charge is 0.253 e. The number of carbonyl (C=O) groups excluding carboxylic acids is 2. The topological polar surface area (TPSA) is 75.4 Å². The molecular formula is C20H23N3O2. The van der Waals surface area contributed by atoms with Gasteiger partial charge in [-0.2, -0.15) is 0 Å². The number of rotatable bonds is 3. The number of piperidine rings is 1. The van der Waals surface area contributed by atoms with Crippen molar-refractivity contribution >= 4 is 23.2 Å². The second-order valence-corrected chi connectivity index (χ2v) is 6.52. The van der Waals surface area contributed by atoms with Crippen molar-refractivity contribution in [2.75, 3.05) is 24.1 Å². The predicted octanol–water partition coefficient (Wildman–Crippen LogP) is 3.07. The summed E-state index contributed by atoms with van der Waals surface area (Å²) >= 11 is 0. The van der Waals surface area contributed by atoms with Gasteiger partial charge in [0.25, 0.3) is 5.91 Å². The number of nitrogens with two attached hydrogens (primary N) is 1. The number of hydrogen-bond acceptors (Lipinski definition) is 3.